The van der Waals surface area contributed by atoms with Crippen LogP contribution in [0.3, 0.4) is 0 Å². The first kappa shape index (κ1) is 12.2. The molecular formula is C9H7FN4O3S. The van der Waals surface area contributed by atoms with E-state index in [1.807, 2.05) is 0 Å². The van der Waals surface area contributed by atoms with Crippen molar-refractivity contribution >= 4 is 22.2 Å². The molecule has 2 rings (SSSR count). The Hall–Kier alpha value is -2.29. The zero-order chi connectivity index (χ0) is 13.1. The van der Waals surface area contributed by atoms with E-state index in [1.165, 1.54) is 6.07 Å². The first-order chi connectivity index (χ1) is 8.58. The van der Waals surface area contributed by atoms with Crippen LogP contribution >= 0.6 is 11.5 Å². The summed E-state index contributed by atoms with van der Waals surface area (Å²) in [5.74, 6) is -0.752. The van der Waals surface area contributed by atoms with Crippen LogP contribution in [0.1, 0.15) is 5.69 Å². The predicted molar refractivity (Wildman–Crippen MR) is 61.7 cm³/mol. The molecule has 18 heavy (non-hydrogen) atoms. The Morgan fingerprint density at radius 1 is 1.56 bits per heavy atom. The van der Waals surface area contributed by atoms with Gasteiger partial charge in [0.1, 0.15) is 23.1 Å². The van der Waals surface area contributed by atoms with Gasteiger partial charge in [0.2, 0.25) is 0 Å². The van der Waals surface area contributed by atoms with E-state index in [1.54, 1.807) is 0 Å². The van der Waals surface area contributed by atoms with Gasteiger partial charge in [-0.1, -0.05) is 4.49 Å². The lowest BCUT2D eigenvalue weighted by Gasteiger charge is -2.05. The molecule has 0 aliphatic carbocycles. The van der Waals surface area contributed by atoms with Crippen LogP contribution in [0.5, 0.6) is 5.75 Å². The number of ether oxygens (including phenoxy) is 1. The summed E-state index contributed by atoms with van der Waals surface area (Å²) in [6, 6.07) is 3.05. The molecule has 2 aromatic rings. The van der Waals surface area contributed by atoms with Crippen molar-refractivity contribution in [3.63, 3.8) is 0 Å². The third-order valence-corrected chi connectivity index (χ3v) is 2.66. The highest BCUT2D eigenvalue weighted by Crippen LogP contribution is 2.28. The summed E-state index contributed by atoms with van der Waals surface area (Å²) in [5.41, 5.74) is 5.49. The van der Waals surface area contributed by atoms with Gasteiger partial charge in [-0.15, -0.1) is 5.10 Å². The van der Waals surface area contributed by atoms with Gasteiger partial charge >= 0.3 is 5.69 Å². The molecule has 0 fully saturated rings. The summed E-state index contributed by atoms with van der Waals surface area (Å²) in [4.78, 5) is 9.99. The maximum Gasteiger partial charge on any atom is 0.313 e. The maximum absolute atomic E-state index is 12.9. The molecule has 0 atom stereocenters. The third kappa shape index (κ3) is 2.51. The highest BCUT2D eigenvalue weighted by atomic mass is 32.1. The van der Waals surface area contributed by atoms with Gasteiger partial charge in [0.25, 0.3) is 0 Å². The Morgan fingerprint density at radius 2 is 2.33 bits per heavy atom. The van der Waals surface area contributed by atoms with Crippen molar-refractivity contribution in [2.45, 2.75) is 6.61 Å². The van der Waals surface area contributed by atoms with Crippen molar-refractivity contribution < 1.29 is 14.1 Å². The van der Waals surface area contributed by atoms with Crippen LogP contribution in [-0.4, -0.2) is 14.5 Å². The second-order valence-electron chi connectivity index (χ2n) is 3.24. The Labute approximate surface area is 104 Å². The number of hydrogen-bond acceptors (Lipinski definition) is 7. The molecule has 0 saturated heterocycles. The zero-order valence-corrected chi connectivity index (χ0v) is 9.69. The van der Waals surface area contributed by atoms with Gasteiger partial charge in [-0.3, -0.25) is 10.1 Å². The molecule has 0 unspecified atom stereocenters. The van der Waals surface area contributed by atoms with Crippen molar-refractivity contribution in [2.75, 3.05) is 5.73 Å². The number of nitro benzene ring substituents is 1. The molecule has 0 aliphatic rings. The van der Waals surface area contributed by atoms with E-state index in [-0.39, 0.29) is 12.4 Å². The average molecular weight is 270 g/mol. The highest BCUT2D eigenvalue weighted by Gasteiger charge is 2.17. The highest BCUT2D eigenvalue weighted by molar-refractivity contribution is 7.09. The zero-order valence-electron chi connectivity index (χ0n) is 8.87. The molecule has 1 heterocycles. The van der Waals surface area contributed by atoms with Crippen LogP contribution in [-0.2, 0) is 6.61 Å². The summed E-state index contributed by atoms with van der Waals surface area (Å²) >= 11 is 0.995. The minimum Gasteiger partial charge on any atom is -0.480 e. The lowest BCUT2D eigenvalue weighted by Crippen LogP contribution is -2.01. The lowest BCUT2D eigenvalue weighted by atomic mass is 10.3. The van der Waals surface area contributed by atoms with E-state index in [0.29, 0.717) is 10.7 Å². The molecule has 7 nitrogen and oxygen atoms in total. The Bertz CT molecular complexity index is 589. The smallest absolute Gasteiger partial charge is 0.313 e. The molecule has 0 spiro atoms. The number of benzene rings is 1. The van der Waals surface area contributed by atoms with Crippen LogP contribution in [0.15, 0.2) is 18.2 Å². The Balaban J connectivity index is 2.19. The molecule has 1 aromatic carbocycles. The standard InChI is InChI=1S/C9H7FN4O3S/c10-5-1-2-8(7(3-5)14(15)16)17-4-6-9(11)18-13-12-6/h1-3H,4,11H2. The van der Waals surface area contributed by atoms with Crippen molar-refractivity contribution in [1.29, 1.82) is 0 Å². The van der Waals surface area contributed by atoms with E-state index in [0.717, 1.165) is 23.7 Å². The van der Waals surface area contributed by atoms with Gasteiger partial charge in [0.05, 0.1) is 11.0 Å². The molecule has 2 N–H and O–H groups in total. The van der Waals surface area contributed by atoms with Crippen molar-refractivity contribution in [3.8, 4) is 5.75 Å². The van der Waals surface area contributed by atoms with Gasteiger partial charge in [-0.2, -0.15) is 0 Å². The number of anilines is 1. The van der Waals surface area contributed by atoms with Gasteiger partial charge < -0.3 is 10.5 Å². The molecule has 0 aliphatic heterocycles. The minimum absolute atomic E-state index is 0.0474. The summed E-state index contributed by atoms with van der Waals surface area (Å²) in [5, 5.41) is 14.8. The third-order valence-electron chi connectivity index (χ3n) is 2.07. The van der Waals surface area contributed by atoms with E-state index >= 15 is 0 Å². The SMILES string of the molecule is Nc1snnc1COc1ccc(F)cc1[N+](=O)[O-]. The normalized spacial score (nSPS) is 10.3. The van der Waals surface area contributed by atoms with Gasteiger partial charge in [0.15, 0.2) is 5.75 Å². The topological polar surface area (TPSA) is 104 Å². The summed E-state index contributed by atoms with van der Waals surface area (Å²) < 4.78 is 21.7. The lowest BCUT2D eigenvalue weighted by molar-refractivity contribution is -0.386. The van der Waals surface area contributed by atoms with Crippen molar-refractivity contribution in [3.05, 3.63) is 39.8 Å². The number of halogens is 1. The van der Waals surface area contributed by atoms with Gasteiger partial charge in [-0.25, -0.2) is 4.39 Å². The van der Waals surface area contributed by atoms with Crippen molar-refractivity contribution in [1.82, 2.24) is 9.59 Å². The predicted octanol–water partition coefficient (Wildman–Crippen LogP) is 1.75. The van der Waals surface area contributed by atoms with E-state index in [9.17, 15) is 14.5 Å². The number of nitro groups is 1. The van der Waals surface area contributed by atoms with Crippen LogP contribution in [0, 0.1) is 15.9 Å². The molecule has 0 amide bonds. The van der Waals surface area contributed by atoms with E-state index < -0.39 is 16.4 Å². The first-order valence-corrected chi connectivity index (χ1v) is 5.48. The fraction of sp³-hybridized carbons (Fsp3) is 0.111. The fourth-order valence-corrected chi connectivity index (χ4v) is 1.65. The monoisotopic (exact) mass is 270 g/mol. The Kier molecular flexibility index (Phi) is 3.33. The number of nitrogens with two attached hydrogens (primary N) is 1. The number of nitrogens with zero attached hydrogens (tertiary/aromatic N) is 3. The summed E-state index contributed by atoms with van der Waals surface area (Å²) in [7, 11) is 0. The fourth-order valence-electron chi connectivity index (χ4n) is 1.22. The minimum atomic E-state index is -0.721. The van der Waals surface area contributed by atoms with E-state index in [4.69, 9.17) is 10.5 Å². The molecule has 0 radical (unpaired) electrons. The quantitative estimate of drug-likeness (QED) is 0.670. The molecule has 1 aromatic heterocycles. The van der Waals surface area contributed by atoms with Crippen LogP contribution in [0.4, 0.5) is 15.1 Å². The number of rotatable bonds is 4. The van der Waals surface area contributed by atoms with Crippen LogP contribution in [0.25, 0.3) is 0 Å². The molecular weight excluding hydrogens is 263 g/mol. The van der Waals surface area contributed by atoms with Gasteiger partial charge in [-0.05, 0) is 12.1 Å². The Morgan fingerprint density at radius 3 is 2.94 bits per heavy atom. The molecule has 0 saturated carbocycles. The summed E-state index contributed by atoms with van der Waals surface area (Å²) in [6.45, 7) is -0.0607. The largest absolute Gasteiger partial charge is 0.480 e. The number of aromatic nitrogens is 2. The van der Waals surface area contributed by atoms with Crippen LogP contribution < -0.4 is 10.5 Å². The maximum atomic E-state index is 12.9. The number of nitrogen functional groups attached to an aromatic ring is 1. The summed E-state index contributed by atoms with van der Waals surface area (Å²) in [6.07, 6.45) is 0. The van der Waals surface area contributed by atoms with Crippen LogP contribution in [0.2, 0.25) is 0 Å². The van der Waals surface area contributed by atoms with E-state index in [2.05, 4.69) is 9.59 Å². The van der Waals surface area contributed by atoms with Crippen molar-refractivity contribution in [2.24, 2.45) is 0 Å². The molecule has 9 heteroatoms. The molecule has 0 bridgehead atoms. The number of hydrogen-bond donors (Lipinski definition) is 1. The van der Waals surface area contributed by atoms with Gasteiger partial charge in [0, 0.05) is 11.5 Å². The second kappa shape index (κ2) is 4.92. The second-order valence-corrected chi connectivity index (χ2v) is 4.03. The molecule has 94 valence electrons. The first-order valence-electron chi connectivity index (χ1n) is 4.71. The average Bonchev–Trinajstić information content (AvgIpc) is 2.73.